The van der Waals surface area contributed by atoms with Gasteiger partial charge in [0.25, 0.3) is 0 Å². The van der Waals surface area contributed by atoms with Gasteiger partial charge in [-0.15, -0.1) is 0 Å². The van der Waals surface area contributed by atoms with Gasteiger partial charge in [0.2, 0.25) is 11.1 Å². The Kier molecular flexibility index (Phi) is 5.37. The molecule has 0 radical (unpaired) electrons. The first-order valence-corrected chi connectivity index (χ1v) is 10.3. The minimum Gasteiger partial charge on any atom is -0.501 e. The maximum absolute atomic E-state index is 12.8. The Morgan fingerprint density at radius 2 is 1.60 bits per heavy atom. The standard InChI is InChI=1S/C21H18N2O6S/c1-21(2,3)20(25)28-13-7-9-14(10-8-13)29-30(26,27)18-6-4-5-16-15(18)11-12-17(23-22)19(16)24/h4-12H,1-3H3/p+1. The molecule has 0 aromatic heterocycles. The van der Waals surface area contributed by atoms with Crippen LogP contribution < -0.4 is 8.92 Å². The number of benzene rings is 3. The first-order chi connectivity index (χ1) is 14.0. The van der Waals surface area contributed by atoms with Crippen molar-refractivity contribution >= 4 is 32.5 Å². The van der Waals surface area contributed by atoms with E-state index in [0.29, 0.717) is 0 Å². The third-order valence-electron chi connectivity index (χ3n) is 4.20. The van der Waals surface area contributed by atoms with Gasteiger partial charge in [0.1, 0.15) is 16.4 Å². The summed E-state index contributed by atoms with van der Waals surface area (Å²) in [5.74, 6) is -0.491. The lowest BCUT2D eigenvalue weighted by atomic mass is 9.97. The molecule has 3 rings (SSSR count). The molecule has 9 heteroatoms. The zero-order chi connectivity index (χ0) is 22.1. The van der Waals surface area contributed by atoms with Crippen molar-refractivity contribution in [3.05, 3.63) is 59.6 Å². The van der Waals surface area contributed by atoms with E-state index in [4.69, 9.17) is 14.3 Å². The van der Waals surface area contributed by atoms with Crippen LogP contribution in [0, 0.1) is 10.8 Å². The Morgan fingerprint density at radius 1 is 0.967 bits per heavy atom. The molecule has 1 N–H and O–H groups in total. The largest absolute Gasteiger partial charge is 0.501 e. The molecule has 0 unspecified atom stereocenters. The van der Waals surface area contributed by atoms with Crippen LogP contribution in [0.2, 0.25) is 0 Å². The summed E-state index contributed by atoms with van der Waals surface area (Å²) in [4.78, 5) is 14.7. The van der Waals surface area contributed by atoms with E-state index in [1.54, 1.807) is 20.8 Å². The first-order valence-electron chi connectivity index (χ1n) is 8.89. The Morgan fingerprint density at radius 3 is 2.20 bits per heavy atom. The van der Waals surface area contributed by atoms with Crippen LogP contribution in [-0.4, -0.2) is 19.5 Å². The molecule has 0 amide bonds. The van der Waals surface area contributed by atoms with Gasteiger partial charge in [-0.05, 0) is 57.2 Å². The fourth-order valence-electron chi connectivity index (χ4n) is 2.60. The Balaban J connectivity index is 1.90. The quantitative estimate of drug-likeness (QED) is 0.276. The van der Waals surface area contributed by atoms with Crippen LogP contribution in [0.1, 0.15) is 20.8 Å². The van der Waals surface area contributed by atoms with Crippen LogP contribution in [0.4, 0.5) is 5.69 Å². The number of phenols is 1. The summed E-state index contributed by atoms with van der Waals surface area (Å²) in [6, 6.07) is 12.6. The van der Waals surface area contributed by atoms with Gasteiger partial charge in [-0.2, -0.15) is 8.42 Å². The zero-order valence-electron chi connectivity index (χ0n) is 16.5. The third-order valence-corrected chi connectivity index (χ3v) is 5.51. The number of ether oxygens (including phenoxy) is 1. The van der Waals surface area contributed by atoms with Crippen molar-refractivity contribution in [1.29, 1.82) is 5.39 Å². The number of rotatable bonds is 4. The number of diazo groups is 1. The van der Waals surface area contributed by atoms with E-state index in [1.165, 1.54) is 54.6 Å². The second kappa shape index (κ2) is 7.65. The summed E-state index contributed by atoms with van der Waals surface area (Å²) >= 11 is 0. The maximum atomic E-state index is 12.8. The highest BCUT2D eigenvalue weighted by Gasteiger charge is 2.25. The van der Waals surface area contributed by atoms with Gasteiger partial charge in [0.05, 0.1) is 5.41 Å². The van der Waals surface area contributed by atoms with E-state index in [-0.39, 0.29) is 38.6 Å². The van der Waals surface area contributed by atoms with Gasteiger partial charge < -0.3 is 14.0 Å². The molecule has 0 aliphatic rings. The molecule has 0 fully saturated rings. The van der Waals surface area contributed by atoms with Crippen molar-refractivity contribution in [3.8, 4) is 17.2 Å². The average molecular weight is 427 g/mol. The monoisotopic (exact) mass is 427 g/mol. The zero-order valence-corrected chi connectivity index (χ0v) is 17.3. The van der Waals surface area contributed by atoms with E-state index >= 15 is 0 Å². The highest BCUT2D eigenvalue weighted by atomic mass is 32.2. The number of esters is 1. The molecule has 0 heterocycles. The Hall–Kier alpha value is -3.64. The van der Waals surface area contributed by atoms with Gasteiger partial charge in [-0.25, -0.2) is 0 Å². The lowest BCUT2D eigenvalue weighted by Gasteiger charge is -2.16. The molecule has 8 nitrogen and oxygen atoms in total. The van der Waals surface area contributed by atoms with Crippen LogP contribution >= 0.6 is 0 Å². The van der Waals surface area contributed by atoms with Crippen molar-refractivity contribution in [2.75, 3.05) is 0 Å². The maximum Gasteiger partial charge on any atom is 0.426 e. The molecule has 0 aliphatic carbocycles. The van der Waals surface area contributed by atoms with Crippen LogP contribution in [-0.2, 0) is 14.9 Å². The molecule has 0 aliphatic heterocycles. The number of phenolic OH excluding ortho intramolecular Hbond substituents is 1. The number of hydrogen-bond donors (Lipinski definition) is 1. The van der Waals surface area contributed by atoms with Gasteiger partial charge in [0, 0.05) is 16.8 Å². The molecule has 30 heavy (non-hydrogen) atoms. The fourth-order valence-corrected chi connectivity index (χ4v) is 3.74. The van der Waals surface area contributed by atoms with Crippen LogP contribution in [0.3, 0.4) is 0 Å². The number of aromatic hydroxyl groups is 1. The number of fused-ring (bicyclic) bond motifs is 1. The molecule has 0 saturated heterocycles. The summed E-state index contributed by atoms with van der Waals surface area (Å²) in [6.07, 6.45) is 0. The minimum atomic E-state index is -4.25. The molecule has 0 spiro atoms. The van der Waals surface area contributed by atoms with Crippen molar-refractivity contribution in [3.63, 3.8) is 0 Å². The average Bonchev–Trinajstić information content (AvgIpc) is 2.68. The lowest BCUT2D eigenvalue weighted by Crippen LogP contribution is -2.25. The summed E-state index contributed by atoms with van der Waals surface area (Å²) < 4.78 is 36.1. The van der Waals surface area contributed by atoms with Crippen LogP contribution in [0.15, 0.2) is 59.5 Å². The predicted octanol–water partition coefficient (Wildman–Crippen LogP) is 4.75. The molecule has 0 bridgehead atoms. The Labute approximate surface area is 173 Å². The van der Waals surface area contributed by atoms with E-state index in [1.807, 2.05) is 0 Å². The molecule has 0 saturated carbocycles. The highest BCUT2D eigenvalue weighted by Crippen LogP contribution is 2.37. The fraction of sp³-hybridized carbons (Fsp3) is 0.190. The molecular formula is C21H19N2O6S+. The molecule has 3 aromatic rings. The van der Waals surface area contributed by atoms with Gasteiger partial charge >= 0.3 is 21.8 Å². The van der Waals surface area contributed by atoms with Gasteiger partial charge in [-0.1, -0.05) is 12.1 Å². The highest BCUT2D eigenvalue weighted by molar-refractivity contribution is 7.87. The third kappa shape index (κ3) is 4.18. The van der Waals surface area contributed by atoms with E-state index in [2.05, 4.69) is 4.98 Å². The lowest BCUT2D eigenvalue weighted by molar-refractivity contribution is -0.143. The number of hydrogen-bond acceptors (Lipinski definition) is 7. The number of carbonyl (C=O) groups is 1. The van der Waals surface area contributed by atoms with E-state index in [0.717, 1.165) is 0 Å². The van der Waals surface area contributed by atoms with Crippen molar-refractivity contribution < 1.29 is 27.2 Å². The molecular weight excluding hydrogens is 408 g/mol. The summed E-state index contributed by atoms with van der Waals surface area (Å²) in [5, 5.41) is 19.5. The van der Waals surface area contributed by atoms with E-state index < -0.39 is 21.5 Å². The molecule has 0 atom stereocenters. The molecule has 3 aromatic carbocycles. The Bertz CT molecular complexity index is 1270. The molecule has 154 valence electrons. The normalized spacial score (nSPS) is 11.7. The topological polar surface area (TPSA) is 118 Å². The van der Waals surface area contributed by atoms with Crippen molar-refractivity contribution in [2.24, 2.45) is 5.41 Å². The second-order valence-corrected chi connectivity index (χ2v) is 9.05. The summed E-state index contributed by atoms with van der Waals surface area (Å²) in [5.41, 5.74) is -0.764. The summed E-state index contributed by atoms with van der Waals surface area (Å²) in [7, 11) is -4.25. The minimum absolute atomic E-state index is 0.0220. The van der Waals surface area contributed by atoms with Gasteiger partial charge in [0.15, 0.2) is 4.98 Å². The smallest absolute Gasteiger partial charge is 0.426 e. The number of nitrogens with zero attached hydrogens (tertiary/aromatic N) is 2. The van der Waals surface area contributed by atoms with Crippen LogP contribution in [0.25, 0.3) is 15.7 Å². The van der Waals surface area contributed by atoms with Crippen molar-refractivity contribution in [1.82, 2.24) is 0 Å². The number of carbonyl (C=O) groups excluding carboxylic acids is 1. The summed E-state index contributed by atoms with van der Waals surface area (Å²) in [6.45, 7) is 5.16. The SMILES string of the molecule is CC(C)(C)C(=O)Oc1ccc(OS(=O)(=O)c2cccc3c(O)c([N+]#N)ccc23)cc1. The second-order valence-electron chi connectivity index (χ2n) is 7.53. The van der Waals surface area contributed by atoms with Crippen LogP contribution in [0.5, 0.6) is 17.2 Å². The van der Waals surface area contributed by atoms with Gasteiger partial charge in [-0.3, -0.25) is 4.79 Å². The van der Waals surface area contributed by atoms with Crippen molar-refractivity contribution in [2.45, 2.75) is 25.7 Å². The predicted molar refractivity (Wildman–Crippen MR) is 110 cm³/mol. The first kappa shape index (κ1) is 21.1. The van der Waals surface area contributed by atoms with E-state index in [9.17, 15) is 18.3 Å².